The van der Waals surface area contributed by atoms with Crippen LogP contribution in [0.2, 0.25) is 0 Å². The van der Waals surface area contributed by atoms with Crippen LogP contribution in [-0.2, 0) is 11.2 Å². The molecule has 0 unspecified atom stereocenters. The number of ether oxygens (including phenoxy) is 2. The van der Waals surface area contributed by atoms with E-state index >= 15 is 0 Å². The molecule has 0 aliphatic carbocycles. The Morgan fingerprint density at radius 1 is 1.19 bits per heavy atom. The molecule has 2 aromatic rings. The van der Waals surface area contributed by atoms with Crippen LogP contribution in [0.4, 0.5) is 5.95 Å². The molecule has 0 fully saturated rings. The Kier molecular flexibility index (Phi) is 4.71. The molecule has 1 aromatic heterocycles. The number of aromatic nitrogens is 2. The van der Waals surface area contributed by atoms with E-state index in [0.717, 1.165) is 11.3 Å². The van der Waals surface area contributed by atoms with Crippen molar-refractivity contribution in [3.05, 3.63) is 41.7 Å². The van der Waals surface area contributed by atoms with Gasteiger partial charge in [-0.05, 0) is 30.7 Å². The molecule has 6 nitrogen and oxygen atoms in total. The molecule has 0 spiro atoms. The van der Waals surface area contributed by atoms with Crippen molar-refractivity contribution in [2.75, 3.05) is 19.5 Å². The monoisotopic (exact) mass is 287 g/mol. The number of benzene rings is 1. The number of rotatable bonds is 5. The van der Waals surface area contributed by atoms with E-state index in [1.165, 1.54) is 0 Å². The maximum absolute atomic E-state index is 12.0. The number of carbonyl (C=O) groups is 1. The second-order valence-electron chi connectivity index (χ2n) is 4.44. The van der Waals surface area contributed by atoms with Gasteiger partial charge in [-0.1, -0.05) is 6.07 Å². The zero-order chi connectivity index (χ0) is 15.2. The van der Waals surface area contributed by atoms with E-state index in [9.17, 15) is 4.79 Å². The Bertz CT molecular complexity index is 644. The Morgan fingerprint density at radius 2 is 1.95 bits per heavy atom. The van der Waals surface area contributed by atoms with Gasteiger partial charge in [0.15, 0.2) is 11.5 Å². The molecule has 0 saturated carbocycles. The fraction of sp³-hybridized carbons (Fsp3) is 0.267. The highest BCUT2D eigenvalue weighted by Gasteiger charge is 2.09. The van der Waals surface area contributed by atoms with E-state index in [2.05, 4.69) is 15.3 Å². The van der Waals surface area contributed by atoms with Crippen molar-refractivity contribution < 1.29 is 14.3 Å². The van der Waals surface area contributed by atoms with E-state index in [1.54, 1.807) is 38.6 Å². The lowest BCUT2D eigenvalue weighted by Gasteiger charge is -2.09. The molecule has 0 bridgehead atoms. The van der Waals surface area contributed by atoms with Gasteiger partial charge in [0, 0.05) is 11.9 Å². The molecule has 0 atom stereocenters. The maximum atomic E-state index is 12.0. The zero-order valence-electron chi connectivity index (χ0n) is 12.2. The quantitative estimate of drug-likeness (QED) is 0.910. The molecular weight excluding hydrogens is 270 g/mol. The second kappa shape index (κ2) is 6.69. The number of hydrogen-bond donors (Lipinski definition) is 1. The number of amides is 1. The van der Waals surface area contributed by atoms with E-state index in [0.29, 0.717) is 17.4 Å². The van der Waals surface area contributed by atoms with Crippen molar-refractivity contribution >= 4 is 11.9 Å². The average molecular weight is 287 g/mol. The van der Waals surface area contributed by atoms with Crippen LogP contribution in [0, 0.1) is 6.92 Å². The fourth-order valence-electron chi connectivity index (χ4n) is 1.85. The third kappa shape index (κ3) is 3.92. The Labute approximate surface area is 123 Å². The number of methoxy groups -OCH3 is 2. The number of anilines is 1. The first-order chi connectivity index (χ1) is 10.1. The van der Waals surface area contributed by atoms with Gasteiger partial charge in [-0.25, -0.2) is 9.97 Å². The van der Waals surface area contributed by atoms with Crippen molar-refractivity contribution in [2.24, 2.45) is 0 Å². The van der Waals surface area contributed by atoms with Gasteiger partial charge in [0.05, 0.1) is 20.6 Å². The van der Waals surface area contributed by atoms with Crippen LogP contribution in [0.5, 0.6) is 11.5 Å². The van der Waals surface area contributed by atoms with Crippen molar-refractivity contribution in [3.63, 3.8) is 0 Å². The van der Waals surface area contributed by atoms with Crippen molar-refractivity contribution in [3.8, 4) is 11.5 Å². The molecule has 1 aromatic carbocycles. The lowest BCUT2D eigenvalue weighted by atomic mass is 10.1. The van der Waals surface area contributed by atoms with Crippen molar-refractivity contribution in [1.82, 2.24) is 9.97 Å². The van der Waals surface area contributed by atoms with Crippen LogP contribution in [0.15, 0.2) is 30.5 Å². The highest BCUT2D eigenvalue weighted by molar-refractivity contribution is 5.90. The summed E-state index contributed by atoms with van der Waals surface area (Å²) in [6.07, 6.45) is 1.81. The largest absolute Gasteiger partial charge is 0.493 e. The van der Waals surface area contributed by atoms with E-state index in [1.807, 2.05) is 13.0 Å². The standard InChI is InChI=1S/C15H17N3O3/c1-10-6-7-16-15(17-10)18-14(19)9-11-4-5-12(20-2)13(8-11)21-3/h4-8H,9H2,1-3H3,(H,16,17,18,19). The lowest BCUT2D eigenvalue weighted by Crippen LogP contribution is -2.16. The summed E-state index contributed by atoms with van der Waals surface area (Å²) in [5.74, 6) is 1.34. The highest BCUT2D eigenvalue weighted by Crippen LogP contribution is 2.27. The SMILES string of the molecule is COc1ccc(CC(=O)Nc2nccc(C)n2)cc1OC. The summed E-state index contributed by atoms with van der Waals surface area (Å²) < 4.78 is 10.4. The predicted octanol–water partition coefficient (Wildman–Crippen LogP) is 1.98. The van der Waals surface area contributed by atoms with Gasteiger partial charge in [-0.15, -0.1) is 0 Å². The smallest absolute Gasteiger partial charge is 0.231 e. The number of nitrogens with zero attached hydrogens (tertiary/aromatic N) is 2. The minimum Gasteiger partial charge on any atom is -0.493 e. The van der Waals surface area contributed by atoms with Gasteiger partial charge in [-0.2, -0.15) is 0 Å². The van der Waals surface area contributed by atoms with Crippen LogP contribution in [-0.4, -0.2) is 30.1 Å². The number of hydrogen-bond acceptors (Lipinski definition) is 5. The fourth-order valence-corrected chi connectivity index (χ4v) is 1.85. The second-order valence-corrected chi connectivity index (χ2v) is 4.44. The summed E-state index contributed by atoms with van der Waals surface area (Å²) in [6.45, 7) is 1.84. The highest BCUT2D eigenvalue weighted by atomic mass is 16.5. The van der Waals surface area contributed by atoms with Crippen LogP contribution in [0.1, 0.15) is 11.3 Å². The van der Waals surface area contributed by atoms with Gasteiger partial charge >= 0.3 is 0 Å². The van der Waals surface area contributed by atoms with Gasteiger partial charge in [0.25, 0.3) is 0 Å². The first-order valence-corrected chi connectivity index (χ1v) is 6.43. The topological polar surface area (TPSA) is 73.3 Å². The van der Waals surface area contributed by atoms with Crippen LogP contribution >= 0.6 is 0 Å². The minimum absolute atomic E-state index is 0.187. The average Bonchev–Trinajstić information content (AvgIpc) is 2.47. The Morgan fingerprint density at radius 3 is 2.62 bits per heavy atom. The molecule has 1 amide bonds. The summed E-state index contributed by atoms with van der Waals surface area (Å²) in [5.41, 5.74) is 1.62. The van der Waals surface area contributed by atoms with Crippen LogP contribution in [0.3, 0.4) is 0 Å². The molecule has 0 aliphatic heterocycles. The Balaban J connectivity index is 2.06. The zero-order valence-corrected chi connectivity index (χ0v) is 12.2. The van der Waals surface area contributed by atoms with Gasteiger partial charge in [-0.3, -0.25) is 10.1 Å². The van der Waals surface area contributed by atoms with Gasteiger partial charge in [0.1, 0.15) is 0 Å². The first kappa shape index (κ1) is 14.8. The minimum atomic E-state index is -0.187. The van der Waals surface area contributed by atoms with E-state index < -0.39 is 0 Å². The van der Waals surface area contributed by atoms with Crippen molar-refractivity contribution in [1.29, 1.82) is 0 Å². The molecule has 0 aliphatic rings. The number of nitrogens with one attached hydrogen (secondary N) is 1. The molecular formula is C15H17N3O3. The third-order valence-electron chi connectivity index (χ3n) is 2.86. The molecule has 0 radical (unpaired) electrons. The molecule has 0 saturated heterocycles. The normalized spacial score (nSPS) is 10.0. The lowest BCUT2D eigenvalue weighted by molar-refractivity contribution is -0.115. The summed E-state index contributed by atoms with van der Waals surface area (Å²) in [6, 6.07) is 7.13. The number of carbonyl (C=O) groups excluding carboxylic acids is 1. The summed E-state index contributed by atoms with van der Waals surface area (Å²) >= 11 is 0. The van der Waals surface area contributed by atoms with Gasteiger partial charge in [0.2, 0.25) is 11.9 Å². The van der Waals surface area contributed by atoms with Crippen LogP contribution < -0.4 is 14.8 Å². The predicted molar refractivity (Wildman–Crippen MR) is 78.6 cm³/mol. The van der Waals surface area contributed by atoms with Gasteiger partial charge < -0.3 is 9.47 Å². The third-order valence-corrected chi connectivity index (χ3v) is 2.86. The molecule has 1 N–H and O–H groups in total. The van der Waals surface area contributed by atoms with Crippen LogP contribution in [0.25, 0.3) is 0 Å². The summed E-state index contributed by atoms with van der Waals surface area (Å²) in [7, 11) is 3.13. The van der Waals surface area contributed by atoms with Crippen molar-refractivity contribution in [2.45, 2.75) is 13.3 Å². The molecule has 2 rings (SSSR count). The molecule has 1 heterocycles. The first-order valence-electron chi connectivity index (χ1n) is 6.43. The van der Waals surface area contributed by atoms with E-state index in [-0.39, 0.29) is 12.3 Å². The molecule has 6 heteroatoms. The van der Waals surface area contributed by atoms with E-state index in [4.69, 9.17) is 9.47 Å². The Hall–Kier alpha value is -2.63. The maximum Gasteiger partial charge on any atom is 0.231 e. The number of aryl methyl sites for hydroxylation is 1. The molecule has 21 heavy (non-hydrogen) atoms. The molecule has 110 valence electrons. The summed E-state index contributed by atoms with van der Waals surface area (Å²) in [5, 5.41) is 2.66. The summed E-state index contributed by atoms with van der Waals surface area (Å²) in [4.78, 5) is 20.1.